The number of unbranched alkanes of at least 4 members (excludes halogenated alkanes) is 4. The van der Waals surface area contributed by atoms with Crippen LogP contribution in [0.3, 0.4) is 0 Å². The molecule has 0 aliphatic rings. The number of benzene rings is 4. The lowest BCUT2D eigenvalue weighted by atomic mass is 10.0. The van der Waals surface area contributed by atoms with Crippen molar-refractivity contribution < 1.29 is 24.0 Å². The zero-order chi connectivity index (χ0) is 44.4. The molecule has 62 heavy (non-hydrogen) atoms. The van der Waals surface area contributed by atoms with E-state index in [2.05, 4.69) is 28.2 Å². The fraction of sp³-hybridized carbons (Fsp3) is 0.420. The lowest BCUT2D eigenvalue weighted by Gasteiger charge is -2.25. The van der Waals surface area contributed by atoms with Gasteiger partial charge in [-0.1, -0.05) is 154 Å². The molecule has 4 rings (SSSR count). The van der Waals surface area contributed by atoms with Crippen LogP contribution in [0.2, 0.25) is 0 Å². The van der Waals surface area contributed by atoms with Crippen molar-refractivity contribution in [2.45, 2.75) is 108 Å². The van der Waals surface area contributed by atoms with Gasteiger partial charge < -0.3 is 37.6 Å². The Bertz CT molecular complexity index is 1790. The van der Waals surface area contributed by atoms with Crippen molar-refractivity contribution in [2.24, 2.45) is 11.5 Å². The summed E-state index contributed by atoms with van der Waals surface area (Å²) in [6.07, 6.45) is 7.78. The number of rotatable bonds is 28. The molecule has 12 heteroatoms. The Hall–Kier alpha value is -5.85. The maximum absolute atomic E-state index is 13.6. The molecule has 0 aliphatic heterocycles. The number of nitrogens with one attached hydrogen (secondary N) is 4. The molecule has 0 fully saturated rings. The minimum absolute atomic E-state index is 0.0300. The third-order valence-corrected chi connectivity index (χ3v) is 10.8. The van der Waals surface area contributed by atoms with Gasteiger partial charge in [-0.05, 0) is 54.4 Å². The Labute approximate surface area is 368 Å². The summed E-state index contributed by atoms with van der Waals surface area (Å²) in [5, 5.41) is 11.7. The normalized spacial score (nSPS) is 12.9. The van der Waals surface area contributed by atoms with E-state index >= 15 is 0 Å². The molecule has 4 aromatic rings. The van der Waals surface area contributed by atoms with Crippen molar-refractivity contribution in [3.63, 3.8) is 0 Å². The monoisotopic (exact) mass is 846 g/mol. The second-order valence-electron chi connectivity index (χ2n) is 15.9. The summed E-state index contributed by atoms with van der Waals surface area (Å²) in [4.78, 5) is 68.9. The predicted molar refractivity (Wildman–Crippen MR) is 246 cm³/mol. The first-order valence-corrected chi connectivity index (χ1v) is 22.2. The number of carbonyl (C=O) groups is 5. The van der Waals surface area contributed by atoms with Crippen LogP contribution in [0.5, 0.6) is 0 Å². The van der Waals surface area contributed by atoms with Gasteiger partial charge in [0.25, 0.3) is 0 Å². The molecule has 0 saturated carbocycles. The van der Waals surface area contributed by atoms with Crippen molar-refractivity contribution in [1.82, 2.24) is 26.2 Å². The van der Waals surface area contributed by atoms with E-state index in [1.54, 1.807) is 4.90 Å². The van der Waals surface area contributed by atoms with Gasteiger partial charge in [-0.2, -0.15) is 0 Å². The van der Waals surface area contributed by atoms with Crippen molar-refractivity contribution >= 4 is 29.5 Å². The fourth-order valence-electron chi connectivity index (χ4n) is 7.21. The van der Waals surface area contributed by atoms with Gasteiger partial charge in [0.1, 0.15) is 12.1 Å². The molecule has 12 nitrogen and oxygen atoms in total. The molecular weight excluding hydrogens is 779 g/mol. The Morgan fingerprint density at radius 3 is 1.19 bits per heavy atom. The van der Waals surface area contributed by atoms with Crippen LogP contribution in [0.25, 0.3) is 0 Å². The molecule has 0 aliphatic carbocycles. The van der Waals surface area contributed by atoms with Gasteiger partial charge >= 0.3 is 0 Å². The van der Waals surface area contributed by atoms with E-state index in [9.17, 15) is 24.0 Å². The quantitative estimate of drug-likeness (QED) is 0.0444. The van der Waals surface area contributed by atoms with Crippen LogP contribution in [-0.2, 0) is 49.7 Å². The van der Waals surface area contributed by atoms with E-state index < -0.39 is 36.0 Å². The van der Waals surface area contributed by atoms with Crippen molar-refractivity contribution in [2.75, 3.05) is 26.2 Å². The lowest BCUT2D eigenvalue weighted by Crippen LogP contribution is -2.53. The molecule has 0 unspecified atom stereocenters. The first-order chi connectivity index (χ1) is 30.1. The molecule has 332 valence electrons. The molecule has 0 spiro atoms. The number of carbonyl (C=O) groups excluding carboxylic acids is 5. The molecule has 5 amide bonds. The second kappa shape index (κ2) is 27.9. The number of hydrogen-bond acceptors (Lipinski definition) is 7. The van der Waals surface area contributed by atoms with Crippen molar-refractivity contribution in [1.29, 1.82) is 0 Å². The van der Waals surface area contributed by atoms with Gasteiger partial charge in [-0.25, -0.2) is 0 Å². The van der Waals surface area contributed by atoms with E-state index in [0.29, 0.717) is 71.1 Å². The molecule has 4 atom stereocenters. The SMILES string of the molecule is CCCCCCCC(=O)N(CCCNC(=O)[C@@H](Cc1ccccc1)NC(=O)[C@H](N)Cc1ccccc1)CCCNC(=O)[C@@H](Cc1ccccc1)NC(=O)[C@H](N)Cc1ccccc1. The van der Waals surface area contributed by atoms with Crippen molar-refractivity contribution in [3.05, 3.63) is 144 Å². The summed E-state index contributed by atoms with van der Waals surface area (Å²) in [6.45, 7) is 3.56. The summed E-state index contributed by atoms with van der Waals surface area (Å²) in [7, 11) is 0. The molecule has 0 radical (unpaired) electrons. The Balaban J connectivity index is 1.32. The lowest BCUT2D eigenvalue weighted by molar-refractivity contribution is -0.131. The fourth-order valence-corrected chi connectivity index (χ4v) is 7.21. The first-order valence-electron chi connectivity index (χ1n) is 22.2. The topological polar surface area (TPSA) is 189 Å². The molecule has 4 aromatic carbocycles. The number of nitrogens with two attached hydrogens (primary N) is 2. The summed E-state index contributed by atoms with van der Waals surface area (Å²) >= 11 is 0. The highest BCUT2D eigenvalue weighted by atomic mass is 16.2. The van der Waals surface area contributed by atoms with Gasteiger partial charge in [-0.3, -0.25) is 24.0 Å². The van der Waals surface area contributed by atoms with Crippen LogP contribution in [-0.4, -0.2) is 84.8 Å². The van der Waals surface area contributed by atoms with Crippen LogP contribution in [0.15, 0.2) is 121 Å². The van der Waals surface area contributed by atoms with E-state index in [0.717, 1.165) is 54.4 Å². The minimum atomic E-state index is -0.841. The zero-order valence-corrected chi connectivity index (χ0v) is 36.3. The second-order valence-corrected chi connectivity index (χ2v) is 15.9. The largest absolute Gasteiger partial charge is 0.354 e. The number of hydrogen-bond donors (Lipinski definition) is 6. The highest BCUT2D eigenvalue weighted by molar-refractivity contribution is 5.91. The highest BCUT2D eigenvalue weighted by Gasteiger charge is 2.26. The molecule has 0 saturated heterocycles. The van der Waals surface area contributed by atoms with E-state index in [-0.39, 0.29) is 17.7 Å². The van der Waals surface area contributed by atoms with Crippen LogP contribution in [0, 0.1) is 0 Å². The van der Waals surface area contributed by atoms with Crippen LogP contribution < -0.4 is 32.7 Å². The average Bonchev–Trinajstić information content (AvgIpc) is 3.29. The summed E-state index contributed by atoms with van der Waals surface area (Å²) in [6, 6.07) is 34.7. The van der Waals surface area contributed by atoms with Gasteiger partial charge in [0.15, 0.2) is 0 Å². The summed E-state index contributed by atoms with van der Waals surface area (Å²) in [5.41, 5.74) is 16.2. The smallest absolute Gasteiger partial charge is 0.242 e. The van der Waals surface area contributed by atoms with Crippen LogP contribution >= 0.6 is 0 Å². The Morgan fingerprint density at radius 2 is 0.823 bits per heavy atom. The van der Waals surface area contributed by atoms with E-state index in [1.807, 2.05) is 121 Å². The van der Waals surface area contributed by atoms with Crippen LogP contribution in [0.1, 0.15) is 80.5 Å². The first kappa shape index (κ1) is 48.8. The van der Waals surface area contributed by atoms with E-state index in [4.69, 9.17) is 11.5 Å². The van der Waals surface area contributed by atoms with Gasteiger partial charge in [0.2, 0.25) is 29.5 Å². The van der Waals surface area contributed by atoms with Gasteiger partial charge in [-0.15, -0.1) is 0 Å². The third-order valence-electron chi connectivity index (χ3n) is 10.8. The third kappa shape index (κ3) is 18.4. The number of amides is 5. The van der Waals surface area contributed by atoms with Crippen LogP contribution in [0.4, 0.5) is 0 Å². The van der Waals surface area contributed by atoms with E-state index in [1.165, 1.54) is 0 Å². The molecule has 0 aromatic heterocycles. The van der Waals surface area contributed by atoms with Gasteiger partial charge in [0, 0.05) is 45.4 Å². The standard InChI is InChI=1S/C50H67N7O5/c1-2-3-4-5-18-29-46(58)57(32-19-30-53-49(61)44(36-40-25-14-8-15-26-40)55-47(59)42(51)34-38-21-10-6-11-22-38)33-20-31-54-50(62)45(37-41-27-16-9-17-28-41)56-48(60)43(52)35-39-23-12-7-13-24-39/h6-17,21-28,42-45H,2-5,18-20,29-37,51-52H2,1H3,(H,53,61)(H,54,62)(H,55,59)(H,56,60)/t42-,43-,44-,45-/m1/s1. The average molecular weight is 846 g/mol. The summed E-state index contributed by atoms with van der Waals surface area (Å²) < 4.78 is 0. The summed E-state index contributed by atoms with van der Waals surface area (Å²) in [5.74, 6) is -1.45. The molecular formula is C50H67N7O5. The predicted octanol–water partition coefficient (Wildman–Crippen LogP) is 4.78. The maximum Gasteiger partial charge on any atom is 0.242 e. The Kier molecular flexibility index (Phi) is 22.0. The maximum atomic E-state index is 13.6. The number of nitrogens with zero attached hydrogens (tertiary/aromatic N) is 1. The van der Waals surface area contributed by atoms with Gasteiger partial charge in [0.05, 0.1) is 12.1 Å². The molecule has 0 heterocycles. The van der Waals surface area contributed by atoms with Crippen molar-refractivity contribution in [3.8, 4) is 0 Å². The Morgan fingerprint density at radius 1 is 0.468 bits per heavy atom. The molecule has 0 bridgehead atoms. The highest BCUT2D eigenvalue weighted by Crippen LogP contribution is 2.11. The zero-order valence-electron chi connectivity index (χ0n) is 36.3. The molecule has 8 N–H and O–H groups in total. The minimum Gasteiger partial charge on any atom is -0.354 e.